The molecule has 1 aliphatic carbocycles. The second-order valence-electron chi connectivity index (χ2n) is 4.16. The second kappa shape index (κ2) is 4.83. The summed E-state index contributed by atoms with van der Waals surface area (Å²) >= 11 is 12.5. The van der Waals surface area contributed by atoms with Crippen molar-refractivity contribution in [1.82, 2.24) is 0 Å². The molecule has 0 saturated heterocycles. The molecule has 17 heavy (non-hydrogen) atoms. The smallest absolute Gasteiger partial charge is 0.123 e. The minimum Gasteiger partial charge on any atom is -0.207 e. The lowest BCUT2D eigenvalue weighted by atomic mass is 9.82. The first-order valence-corrected chi connectivity index (χ1v) is 6.12. The molecule has 0 nitrogen and oxygen atoms in total. The molecule has 0 fully saturated rings. The molecule has 1 aliphatic rings. The van der Waals surface area contributed by atoms with E-state index >= 15 is 0 Å². The number of rotatable bonds is 2. The summed E-state index contributed by atoms with van der Waals surface area (Å²) in [6.45, 7) is 1.96. The zero-order valence-electron chi connectivity index (χ0n) is 9.33. The fraction of sp³-hybridized carbons (Fsp3) is 0.214. The zero-order valence-corrected chi connectivity index (χ0v) is 10.8. The number of benzene rings is 1. The van der Waals surface area contributed by atoms with Crippen LogP contribution in [0, 0.1) is 12.2 Å². The summed E-state index contributed by atoms with van der Waals surface area (Å²) in [4.78, 5) is -0.695. The second-order valence-corrected chi connectivity index (χ2v) is 5.25. The third-order valence-corrected chi connectivity index (χ3v) is 3.78. The Morgan fingerprint density at radius 3 is 2.76 bits per heavy atom. The Morgan fingerprint density at radius 2 is 2.12 bits per heavy atom. The summed E-state index contributed by atoms with van der Waals surface area (Å²) in [6, 6.07) is 6.48. The first-order valence-electron chi connectivity index (χ1n) is 5.36. The van der Waals surface area contributed by atoms with Gasteiger partial charge in [-0.2, -0.15) is 0 Å². The molecule has 1 aromatic carbocycles. The first-order chi connectivity index (χ1) is 8.01. The first kappa shape index (κ1) is 12.7. The maximum Gasteiger partial charge on any atom is 0.123 e. The normalized spacial score (nSPS) is 25.5. The molecule has 0 amide bonds. The van der Waals surface area contributed by atoms with E-state index in [1.54, 1.807) is 18.6 Å². The Morgan fingerprint density at radius 1 is 1.35 bits per heavy atom. The molecule has 2 unspecified atom stereocenters. The summed E-state index contributed by atoms with van der Waals surface area (Å²) in [7, 11) is 0. The Kier molecular flexibility index (Phi) is 3.60. The predicted octanol–water partition coefficient (Wildman–Crippen LogP) is 4.80. The fourth-order valence-corrected chi connectivity index (χ4v) is 2.52. The van der Waals surface area contributed by atoms with Gasteiger partial charge in [-0.25, -0.2) is 4.39 Å². The highest BCUT2D eigenvalue weighted by atomic mass is 35.5. The molecule has 2 atom stereocenters. The van der Waals surface area contributed by atoms with E-state index in [9.17, 15) is 4.39 Å². The summed E-state index contributed by atoms with van der Waals surface area (Å²) in [5.74, 6) is -0.311. The Balaban J connectivity index is 2.29. The number of alkyl halides is 1. The lowest BCUT2D eigenvalue weighted by Crippen LogP contribution is -2.28. The van der Waals surface area contributed by atoms with E-state index in [0.29, 0.717) is 5.03 Å². The van der Waals surface area contributed by atoms with Crippen molar-refractivity contribution in [3.05, 3.63) is 65.3 Å². The van der Waals surface area contributed by atoms with Gasteiger partial charge in [0.25, 0.3) is 0 Å². The number of hydrogen-bond acceptors (Lipinski definition) is 0. The zero-order chi connectivity index (χ0) is 12.5. The lowest BCUT2D eigenvalue weighted by molar-refractivity contribution is 0.609. The molecule has 1 aromatic rings. The van der Waals surface area contributed by atoms with Gasteiger partial charge in [0.15, 0.2) is 0 Å². The average Bonchev–Trinajstić information content (AvgIpc) is 2.27. The van der Waals surface area contributed by atoms with Gasteiger partial charge in [-0.3, -0.25) is 0 Å². The lowest BCUT2D eigenvalue weighted by Gasteiger charge is -2.32. The predicted molar refractivity (Wildman–Crippen MR) is 70.8 cm³/mol. The molecule has 89 valence electrons. The van der Waals surface area contributed by atoms with Gasteiger partial charge in [-0.1, -0.05) is 42.8 Å². The monoisotopic (exact) mass is 269 g/mol. The molecular weight excluding hydrogens is 258 g/mol. The van der Waals surface area contributed by atoms with Crippen molar-refractivity contribution in [3.63, 3.8) is 0 Å². The van der Waals surface area contributed by atoms with Crippen LogP contribution in [-0.4, -0.2) is 4.87 Å². The fourth-order valence-electron chi connectivity index (χ4n) is 1.90. The van der Waals surface area contributed by atoms with Gasteiger partial charge >= 0.3 is 0 Å². The number of halogens is 3. The van der Waals surface area contributed by atoms with Crippen LogP contribution >= 0.6 is 23.2 Å². The van der Waals surface area contributed by atoms with Gasteiger partial charge in [0.1, 0.15) is 5.82 Å². The number of allylic oxidation sites excluding steroid dienone is 4. The quantitative estimate of drug-likeness (QED) is 0.677. The van der Waals surface area contributed by atoms with Crippen molar-refractivity contribution >= 4 is 23.2 Å². The van der Waals surface area contributed by atoms with Crippen LogP contribution in [0.1, 0.15) is 18.4 Å². The van der Waals surface area contributed by atoms with Gasteiger partial charge in [-0.15, -0.1) is 11.6 Å². The highest BCUT2D eigenvalue weighted by Gasteiger charge is 2.34. The van der Waals surface area contributed by atoms with Crippen molar-refractivity contribution in [2.75, 3.05) is 0 Å². The molecule has 0 spiro atoms. The standard InChI is InChI=1S/C14H12Cl2F/c1-10(11-4-2-6-13(17)8-11)14(16)7-3-5-12(15)9-14/h2-10H,1H3. The maximum absolute atomic E-state index is 13.2. The topological polar surface area (TPSA) is 0 Å². The number of hydrogen-bond donors (Lipinski definition) is 0. The van der Waals surface area contributed by atoms with E-state index in [-0.39, 0.29) is 11.7 Å². The van der Waals surface area contributed by atoms with Crippen LogP contribution in [-0.2, 0) is 0 Å². The summed E-state index contributed by atoms with van der Waals surface area (Å²) in [5.41, 5.74) is 0.854. The molecule has 0 aliphatic heterocycles. The van der Waals surface area contributed by atoms with Crippen molar-refractivity contribution in [3.8, 4) is 0 Å². The van der Waals surface area contributed by atoms with Crippen LogP contribution in [0.25, 0.3) is 0 Å². The molecule has 3 heteroatoms. The van der Waals surface area contributed by atoms with Crippen LogP contribution in [0.4, 0.5) is 4.39 Å². The van der Waals surface area contributed by atoms with E-state index < -0.39 is 4.87 Å². The van der Waals surface area contributed by atoms with Gasteiger partial charge < -0.3 is 0 Å². The summed E-state index contributed by atoms with van der Waals surface area (Å²) in [5, 5.41) is 0.603. The van der Waals surface area contributed by atoms with Gasteiger partial charge in [-0.05, 0) is 23.8 Å². The van der Waals surface area contributed by atoms with Gasteiger partial charge in [0.2, 0.25) is 0 Å². The van der Waals surface area contributed by atoms with Crippen molar-refractivity contribution in [1.29, 1.82) is 0 Å². The van der Waals surface area contributed by atoms with Crippen LogP contribution in [0.5, 0.6) is 0 Å². The van der Waals surface area contributed by atoms with Crippen LogP contribution < -0.4 is 0 Å². The third-order valence-electron chi connectivity index (χ3n) is 2.98. The van der Waals surface area contributed by atoms with E-state index in [2.05, 4.69) is 0 Å². The highest BCUT2D eigenvalue weighted by Crippen LogP contribution is 2.42. The molecule has 0 aromatic heterocycles. The van der Waals surface area contributed by atoms with Crippen molar-refractivity contribution in [2.45, 2.75) is 17.7 Å². The van der Waals surface area contributed by atoms with E-state index in [1.807, 2.05) is 25.1 Å². The van der Waals surface area contributed by atoms with Crippen LogP contribution in [0.15, 0.2) is 47.5 Å². The average molecular weight is 270 g/mol. The van der Waals surface area contributed by atoms with Crippen molar-refractivity contribution < 1.29 is 4.39 Å². The molecule has 0 saturated carbocycles. The van der Waals surface area contributed by atoms with Crippen LogP contribution in [0.2, 0.25) is 0 Å². The Hall–Kier alpha value is -0.790. The van der Waals surface area contributed by atoms with E-state index in [1.165, 1.54) is 12.1 Å². The Bertz CT molecular complexity index is 479. The van der Waals surface area contributed by atoms with Crippen LogP contribution in [0.3, 0.4) is 0 Å². The largest absolute Gasteiger partial charge is 0.207 e. The summed E-state index contributed by atoms with van der Waals surface area (Å²) < 4.78 is 13.2. The highest BCUT2D eigenvalue weighted by molar-refractivity contribution is 6.34. The molecule has 1 radical (unpaired) electrons. The van der Waals surface area contributed by atoms with E-state index in [4.69, 9.17) is 23.2 Å². The molecule has 0 bridgehead atoms. The molecule has 0 N–H and O–H groups in total. The SMILES string of the molecule is CC(c1cccc(F)c1)C1(Cl)[CH]C(Cl)=CC=C1. The third kappa shape index (κ3) is 2.72. The minimum absolute atomic E-state index is 0.0569. The maximum atomic E-state index is 13.2. The van der Waals surface area contributed by atoms with Gasteiger partial charge in [0.05, 0.1) is 4.87 Å². The van der Waals surface area contributed by atoms with E-state index in [0.717, 1.165) is 5.56 Å². The molecular formula is C14H12Cl2F. The Labute approximate surface area is 111 Å². The molecule has 2 rings (SSSR count). The summed E-state index contributed by atoms with van der Waals surface area (Å²) in [6.07, 6.45) is 7.26. The van der Waals surface area contributed by atoms with Crippen molar-refractivity contribution in [2.24, 2.45) is 0 Å². The molecule has 0 heterocycles. The van der Waals surface area contributed by atoms with Gasteiger partial charge in [0, 0.05) is 17.4 Å². The minimum atomic E-state index is -0.695.